The molecule has 0 saturated carbocycles. The summed E-state index contributed by atoms with van der Waals surface area (Å²) < 4.78 is 0. The molecule has 1 amide bonds. The molecule has 27 heavy (non-hydrogen) atoms. The lowest BCUT2D eigenvalue weighted by Crippen LogP contribution is -2.41. The van der Waals surface area contributed by atoms with E-state index in [1.165, 1.54) is 0 Å². The Labute approximate surface area is 157 Å². The number of anilines is 1. The molecule has 1 aliphatic rings. The van der Waals surface area contributed by atoms with Crippen molar-refractivity contribution in [3.05, 3.63) is 77.4 Å². The number of carboxylic acids is 1. The largest absolute Gasteiger partial charge is 0.550 e. The second kappa shape index (κ2) is 7.99. The van der Waals surface area contributed by atoms with E-state index in [1.54, 1.807) is 54.6 Å². The van der Waals surface area contributed by atoms with Gasteiger partial charge in [0.15, 0.2) is 5.78 Å². The van der Waals surface area contributed by atoms with E-state index in [0.29, 0.717) is 23.2 Å². The van der Waals surface area contributed by atoms with E-state index in [-0.39, 0.29) is 12.2 Å². The monoisotopic (exact) mass is 362 g/mol. The molecular formula is C22H20NO4-. The molecule has 0 unspecified atom stereocenters. The third-order valence-electron chi connectivity index (χ3n) is 4.79. The highest BCUT2D eigenvalue weighted by atomic mass is 16.4. The van der Waals surface area contributed by atoms with Crippen LogP contribution in [-0.4, -0.2) is 17.7 Å². The van der Waals surface area contributed by atoms with Crippen LogP contribution >= 0.6 is 0 Å². The van der Waals surface area contributed by atoms with Crippen molar-refractivity contribution in [2.24, 2.45) is 11.8 Å². The normalized spacial score (nSPS) is 18.7. The Morgan fingerprint density at radius 2 is 1.63 bits per heavy atom. The number of aryl methyl sites for hydroxylation is 1. The van der Waals surface area contributed by atoms with Crippen molar-refractivity contribution in [1.82, 2.24) is 0 Å². The van der Waals surface area contributed by atoms with Crippen LogP contribution in [0.5, 0.6) is 0 Å². The van der Waals surface area contributed by atoms with Gasteiger partial charge >= 0.3 is 0 Å². The van der Waals surface area contributed by atoms with E-state index in [0.717, 1.165) is 5.56 Å². The van der Waals surface area contributed by atoms with E-state index < -0.39 is 23.7 Å². The number of ketones is 1. The SMILES string of the molecule is Cc1ccc(NC(=O)[C@H]2CC=CC[C@@H]2C(=O)[O-])c(C(=O)c2ccccc2)c1. The van der Waals surface area contributed by atoms with Crippen LogP contribution in [0, 0.1) is 18.8 Å². The number of rotatable bonds is 5. The Bertz CT molecular complexity index is 902. The first-order valence-corrected chi connectivity index (χ1v) is 8.84. The van der Waals surface area contributed by atoms with Gasteiger partial charge in [-0.25, -0.2) is 0 Å². The number of carbonyl (C=O) groups excluding carboxylic acids is 3. The van der Waals surface area contributed by atoms with Crippen molar-refractivity contribution < 1.29 is 19.5 Å². The van der Waals surface area contributed by atoms with Gasteiger partial charge in [0.25, 0.3) is 0 Å². The second-order valence-electron chi connectivity index (χ2n) is 6.71. The number of carboxylic acid groups (broad SMARTS) is 1. The molecule has 0 saturated heterocycles. The maximum atomic E-state index is 12.9. The smallest absolute Gasteiger partial charge is 0.228 e. The maximum absolute atomic E-state index is 12.9. The van der Waals surface area contributed by atoms with Gasteiger partial charge in [-0.1, -0.05) is 54.1 Å². The predicted molar refractivity (Wildman–Crippen MR) is 100 cm³/mol. The molecule has 0 radical (unpaired) electrons. The molecule has 5 nitrogen and oxygen atoms in total. The zero-order valence-electron chi connectivity index (χ0n) is 15.0. The fourth-order valence-electron chi connectivity index (χ4n) is 3.29. The quantitative estimate of drug-likeness (QED) is 0.654. The van der Waals surface area contributed by atoms with E-state index in [4.69, 9.17) is 0 Å². The number of allylic oxidation sites excluding steroid dienone is 2. The summed E-state index contributed by atoms with van der Waals surface area (Å²) in [5.41, 5.74) is 2.17. The minimum Gasteiger partial charge on any atom is -0.550 e. The van der Waals surface area contributed by atoms with Crippen LogP contribution in [0.2, 0.25) is 0 Å². The second-order valence-corrected chi connectivity index (χ2v) is 6.71. The van der Waals surface area contributed by atoms with Gasteiger partial charge in [-0.15, -0.1) is 0 Å². The lowest BCUT2D eigenvalue weighted by Gasteiger charge is -2.28. The summed E-state index contributed by atoms with van der Waals surface area (Å²) in [4.78, 5) is 37.0. The highest BCUT2D eigenvalue weighted by molar-refractivity contribution is 6.14. The summed E-state index contributed by atoms with van der Waals surface area (Å²) in [6.45, 7) is 1.87. The van der Waals surface area contributed by atoms with Gasteiger partial charge in [0.1, 0.15) is 0 Å². The fourth-order valence-corrected chi connectivity index (χ4v) is 3.29. The van der Waals surface area contributed by atoms with Crippen LogP contribution in [0.4, 0.5) is 5.69 Å². The standard InChI is InChI=1S/C22H21NO4/c1-14-11-12-19(18(13-14)20(24)15-7-3-2-4-8-15)23-21(25)16-9-5-6-10-17(16)22(26)27/h2-8,11-13,16-17H,9-10H2,1H3,(H,23,25)(H,26,27)/p-1/t16-,17-/m0/s1. The summed E-state index contributed by atoms with van der Waals surface area (Å²) in [6, 6.07) is 14.0. The topological polar surface area (TPSA) is 86.3 Å². The van der Waals surface area contributed by atoms with Crippen molar-refractivity contribution in [3.8, 4) is 0 Å². The van der Waals surface area contributed by atoms with Gasteiger partial charge in [-0.3, -0.25) is 9.59 Å². The first-order valence-electron chi connectivity index (χ1n) is 8.84. The van der Waals surface area contributed by atoms with Crippen molar-refractivity contribution >= 4 is 23.3 Å². The first-order chi connectivity index (χ1) is 13.0. The molecule has 0 bridgehead atoms. The minimum atomic E-state index is -1.23. The van der Waals surface area contributed by atoms with E-state index >= 15 is 0 Å². The van der Waals surface area contributed by atoms with Gasteiger partial charge in [-0.05, 0) is 31.9 Å². The zero-order valence-corrected chi connectivity index (χ0v) is 15.0. The van der Waals surface area contributed by atoms with Gasteiger partial charge in [-0.2, -0.15) is 0 Å². The molecule has 2 aromatic rings. The molecule has 0 aliphatic heterocycles. The summed E-state index contributed by atoms with van der Waals surface area (Å²) >= 11 is 0. The summed E-state index contributed by atoms with van der Waals surface area (Å²) in [7, 11) is 0. The van der Waals surface area contributed by atoms with Crippen molar-refractivity contribution in [3.63, 3.8) is 0 Å². The Morgan fingerprint density at radius 1 is 0.963 bits per heavy atom. The van der Waals surface area contributed by atoms with E-state index in [2.05, 4.69) is 5.32 Å². The number of hydrogen-bond donors (Lipinski definition) is 1. The molecule has 1 aliphatic carbocycles. The van der Waals surface area contributed by atoms with Gasteiger partial charge in [0.05, 0.1) is 11.6 Å². The Morgan fingerprint density at radius 3 is 2.30 bits per heavy atom. The average Bonchev–Trinajstić information content (AvgIpc) is 2.69. The fraction of sp³-hybridized carbons (Fsp3) is 0.227. The lowest BCUT2D eigenvalue weighted by molar-refractivity contribution is -0.313. The molecule has 138 valence electrons. The molecule has 0 aromatic heterocycles. The Kier molecular flexibility index (Phi) is 5.50. The number of amides is 1. The summed E-state index contributed by atoms with van der Waals surface area (Å²) in [6.07, 6.45) is 4.15. The molecule has 3 rings (SSSR count). The summed E-state index contributed by atoms with van der Waals surface area (Å²) in [5.74, 6) is -3.44. The summed E-state index contributed by atoms with van der Waals surface area (Å²) in [5, 5.41) is 14.1. The molecule has 1 N–H and O–H groups in total. The number of carbonyl (C=O) groups is 3. The third kappa shape index (κ3) is 4.14. The van der Waals surface area contributed by atoms with Gasteiger partial charge in [0, 0.05) is 23.0 Å². The number of nitrogens with one attached hydrogen (secondary N) is 1. The van der Waals surface area contributed by atoms with Crippen molar-refractivity contribution in [1.29, 1.82) is 0 Å². The Balaban J connectivity index is 1.89. The number of aliphatic carboxylic acids is 1. The highest BCUT2D eigenvalue weighted by Crippen LogP contribution is 2.28. The van der Waals surface area contributed by atoms with E-state index in [1.807, 2.05) is 13.0 Å². The molecule has 0 spiro atoms. The third-order valence-corrected chi connectivity index (χ3v) is 4.79. The van der Waals surface area contributed by atoms with Crippen LogP contribution in [0.15, 0.2) is 60.7 Å². The first kappa shape index (κ1) is 18.6. The van der Waals surface area contributed by atoms with Crippen LogP contribution < -0.4 is 10.4 Å². The van der Waals surface area contributed by atoms with Gasteiger partial charge < -0.3 is 15.2 Å². The minimum absolute atomic E-state index is 0.199. The van der Waals surface area contributed by atoms with Gasteiger partial charge in [0.2, 0.25) is 5.91 Å². The molecule has 0 heterocycles. The lowest BCUT2D eigenvalue weighted by atomic mass is 9.82. The van der Waals surface area contributed by atoms with Crippen LogP contribution in [-0.2, 0) is 9.59 Å². The van der Waals surface area contributed by atoms with E-state index in [9.17, 15) is 19.5 Å². The average molecular weight is 362 g/mol. The molecular weight excluding hydrogens is 342 g/mol. The molecule has 2 atom stereocenters. The predicted octanol–water partition coefficient (Wildman–Crippen LogP) is 2.50. The molecule has 2 aromatic carbocycles. The van der Waals surface area contributed by atoms with Crippen LogP contribution in [0.3, 0.4) is 0 Å². The molecule has 5 heteroatoms. The maximum Gasteiger partial charge on any atom is 0.228 e. The van der Waals surface area contributed by atoms with Crippen molar-refractivity contribution in [2.75, 3.05) is 5.32 Å². The number of benzene rings is 2. The number of hydrogen-bond acceptors (Lipinski definition) is 4. The zero-order chi connectivity index (χ0) is 19.4. The van der Waals surface area contributed by atoms with Crippen LogP contribution in [0.1, 0.15) is 34.3 Å². The highest BCUT2D eigenvalue weighted by Gasteiger charge is 2.30. The molecule has 0 fully saturated rings. The van der Waals surface area contributed by atoms with Crippen molar-refractivity contribution in [2.45, 2.75) is 19.8 Å². The Hall–Kier alpha value is -3.21. The van der Waals surface area contributed by atoms with Crippen LogP contribution in [0.25, 0.3) is 0 Å².